The van der Waals surface area contributed by atoms with E-state index >= 15 is 0 Å². The average Bonchev–Trinajstić information content (AvgIpc) is 3.14. The van der Waals surface area contributed by atoms with Crippen LogP contribution in [0.5, 0.6) is 0 Å². The number of carbonyl (C=O) groups is 2. The molecule has 0 aliphatic carbocycles. The minimum Gasteiger partial charge on any atom is -0.320 e. The molecule has 1 aliphatic heterocycles. The molecule has 5 nitrogen and oxygen atoms in total. The Balaban J connectivity index is 1.72. The molecule has 4 rings (SSSR count). The topological polar surface area (TPSA) is 73.2 Å². The number of carbonyl (C=O) groups excluding carboxylic acids is 2. The molecule has 3 aromatic carbocycles. The van der Waals surface area contributed by atoms with Gasteiger partial charge in [-0.05, 0) is 49.2 Å². The summed E-state index contributed by atoms with van der Waals surface area (Å²) in [6.45, 7) is 2.00. The molecule has 1 saturated heterocycles. The van der Waals surface area contributed by atoms with E-state index in [1.807, 2.05) is 43.3 Å². The summed E-state index contributed by atoms with van der Waals surface area (Å²) in [6, 6.07) is 23.6. The lowest BCUT2D eigenvalue weighted by Gasteiger charge is -2.18. The molecule has 1 atom stereocenters. The van der Waals surface area contributed by atoms with E-state index in [0.29, 0.717) is 17.1 Å². The quantitative estimate of drug-likeness (QED) is 0.321. The molecule has 170 valence electrons. The summed E-state index contributed by atoms with van der Waals surface area (Å²) < 4.78 is 0. The summed E-state index contributed by atoms with van der Waals surface area (Å²) in [7, 11) is 0. The van der Waals surface area contributed by atoms with Crippen LogP contribution in [0.3, 0.4) is 0 Å². The molecule has 3 aromatic rings. The van der Waals surface area contributed by atoms with Crippen molar-refractivity contribution in [3.05, 3.63) is 105 Å². The van der Waals surface area contributed by atoms with Crippen molar-refractivity contribution in [2.24, 2.45) is 0 Å². The van der Waals surface area contributed by atoms with Gasteiger partial charge in [-0.15, -0.1) is 0 Å². The van der Waals surface area contributed by atoms with Gasteiger partial charge in [-0.25, -0.2) is 0 Å². The Morgan fingerprint density at radius 3 is 2.47 bits per heavy atom. The molecule has 0 bridgehead atoms. The van der Waals surface area contributed by atoms with Crippen molar-refractivity contribution >= 4 is 58.2 Å². The molecule has 1 fully saturated rings. The second-order valence-electron chi connectivity index (χ2n) is 7.68. The first-order valence-electron chi connectivity index (χ1n) is 10.4. The van der Waals surface area contributed by atoms with Gasteiger partial charge >= 0.3 is 0 Å². The highest BCUT2D eigenvalue weighted by Crippen LogP contribution is 2.42. The number of halogens is 2. The lowest BCUT2D eigenvalue weighted by Crippen LogP contribution is -2.30. The number of anilines is 2. The van der Waals surface area contributed by atoms with E-state index in [1.165, 1.54) is 22.7 Å². The van der Waals surface area contributed by atoms with E-state index in [-0.39, 0.29) is 27.2 Å². The summed E-state index contributed by atoms with van der Waals surface area (Å²) in [5, 5.41) is 13.1. The number of nitriles is 1. The Morgan fingerprint density at radius 2 is 1.79 bits per heavy atom. The number of rotatable bonds is 5. The highest BCUT2D eigenvalue weighted by Gasteiger charge is 2.40. The first-order valence-corrected chi connectivity index (χ1v) is 12.0. The van der Waals surface area contributed by atoms with Crippen molar-refractivity contribution in [1.82, 2.24) is 0 Å². The molecule has 0 unspecified atom stereocenters. The molecule has 8 heteroatoms. The highest BCUT2D eigenvalue weighted by molar-refractivity contribution is 8.05. The highest BCUT2D eigenvalue weighted by atomic mass is 35.5. The largest absolute Gasteiger partial charge is 0.320 e. The smallest absolute Gasteiger partial charge is 0.269 e. The zero-order chi connectivity index (χ0) is 24.2. The van der Waals surface area contributed by atoms with Crippen LogP contribution < -0.4 is 10.2 Å². The predicted octanol–water partition coefficient (Wildman–Crippen LogP) is 6.37. The fourth-order valence-corrected chi connectivity index (χ4v) is 5.16. The molecule has 0 spiro atoms. The van der Waals surface area contributed by atoms with Gasteiger partial charge in [-0.2, -0.15) is 5.26 Å². The molecule has 0 aromatic heterocycles. The summed E-state index contributed by atoms with van der Waals surface area (Å²) >= 11 is 13.4. The second kappa shape index (κ2) is 10.4. The van der Waals surface area contributed by atoms with Crippen molar-refractivity contribution in [2.75, 3.05) is 10.2 Å². The second-order valence-corrected chi connectivity index (χ2v) is 9.71. The van der Waals surface area contributed by atoms with E-state index in [9.17, 15) is 14.9 Å². The van der Waals surface area contributed by atoms with Crippen LogP contribution in [0.2, 0.25) is 10.0 Å². The average molecular weight is 508 g/mol. The van der Waals surface area contributed by atoms with Crippen molar-refractivity contribution < 1.29 is 9.59 Å². The van der Waals surface area contributed by atoms with Gasteiger partial charge in [-0.1, -0.05) is 83.0 Å². The maximum absolute atomic E-state index is 13.5. The van der Waals surface area contributed by atoms with Gasteiger partial charge in [0.15, 0.2) is 0 Å². The third-order valence-corrected chi connectivity index (χ3v) is 7.07. The Bertz CT molecular complexity index is 1320. The van der Waals surface area contributed by atoms with Crippen LogP contribution in [0.25, 0.3) is 0 Å². The van der Waals surface area contributed by atoms with Crippen LogP contribution in [0, 0.1) is 18.3 Å². The third kappa shape index (κ3) is 5.13. The molecule has 2 amide bonds. The first kappa shape index (κ1) is 23.9. The molecule has 1 heterocycles. The van der Waals surface area contributed by atoms with Gasteiger partial charge in [-0.3, -0.25) is 14.5 Å². The SMILES string of the molecule is Cc1ccc(C[C@@H]2S/C(=C(/C#N)C(=O)Nc3cc(Cl)ccc3Cl)N(c3ccccc3)C2=O)cc1. The minimum atomic E-state index is -0.668. The fourth-order valence-electron chi connectivity index (χ4n) is 3.52. The molecule has 0 saturated carbocycles. The van der Waals surface area contributed by atoms with Crippen LogP contribution in [-0.4, -0.2) is 17.1 Å². The van der Waals surface area contributed by atoms with Gasteiger partial charge in [0.2, 0.25) is 5.91 Å². The van der Waals surface area contributed by atoms with Crippen LogP contribution in [0.4, 0.5) is 11.4 Å². The first-order chi connectivity index (χ1) is 16.4. The van der Waals surface area contributed by atoms with Crippen molar-refractivity contribution in [3.63, 3.8) is 0 Å². The molecule has 1 N–H and O–H groups in total. The number of amides is 2. The van der Waals surface area contributed by atoms with Crippen molar-refractivity contribution in [1.29, 1.82) is 5.26 Å². The summed E-state index contributed by atoms with van der Waals surface area (Å²) in [5.74, 6) is -0.855. The fraction of sp³-hybridized carbons (Fsp3) is 0.115. The molecular weight excluding hydrogens is 489 g/mol. The van der Waals surface area contributed by atoms with Crippen molar-refractivity contribution in [3.8, 4) is 6.07 Å². The van der Waals surface area contributed by atoms with Crippen LogP contribution in [0.15, 0.2) is 83.4 Å². The number of benzene rings is 3. The van der Waals surface area contributed by atoms with Gasteiger partial charge in [0.1, 0.15) is 16.7 Å². The minimum absolute atomic E-state index is 0.176. The van der Waals surface area contributed by atoms with Gasteiger partial charge in [0.25, 0.3) is 5.91 Å². The monoisotopic (exact) mass is 507 g/mol. The predicted molar refractivity (Wildman–Crippen MR) is 138 cm³/mol. The number of hydrogen-bond donors (Lipinski definition) is 1. The summed E-state index contributed by atoms with van der Waals surface area (Å²) in [5.41, 5.74) is 2.82. The number of aryl methyl sites for hydroxylation is 1. The third-order valence-electron chi connectivity index (χ3n) is 5.24. The number of hydrogen-bond acceptors (Lipinski definition) is 4. The number of nitrogens with one attached hydrogen (secondary N) is 1. The summed E-state index contributed by atoms with van der Waals surface area (Å²) in [6.07, 6.45) is 0.469. The van der Waals surface area contributed by atoms with E-state index in [4.69, 9.17) is 23.2 Å². The molecule has 1 aliphatic rings. The number of para-hydroxylation sites is 1. The van der Waals surface area contributed by atoms with Crippen LogP contribution in [0.1, 0.15) is 11.1 Å². The van der Waals surface area contributed by atoms with Gasteiger partial charge < -0.3 is 5.32 Å². The standard InChI is InChI=1S/C26H19Cl2N3O2S/c1-16-7-9-17(10-8-16)13-23-25(33)31(19-5-3-2-4-6-19)26(34-23)20(15-29)24(32)30-22-14-18(27)11-12-21(22)28/h2-12,14,23H,13H2,1H3,(H,30,32)/b26-20-/t23-/m0/s1. The van der Waals surface area contributed by atoms with Gasteiger partial charge in [0.05, 0.1) is 16.0 Å². The maximum Gasteiger partial charge on any atom is 0.269 e. The van der Waals surface area contributed by atoms with Gasteiger partial charge in [0, 0.05) is 10.7 Å². The molecular formula is C26H19Cl2N3O2S. The Kier molecular flexibility index (Phi) is 7.28. The lowest BCUT2D eigenvalue weighted by molar-refractivity contribution is -0.117. The Morgan fingerprint density at radius 1 is 1.09 bits per heavy atom. The number of thioether (sulfide) groups is 1. The van der Waals surface area contributed by atoms with Crippen LogP contribution >= 0.6 is 35.0 Å². The van der Waals surface area contributed by atoms with E-state index in [2.05, 4.69) is 5.32 Å². The van der Waals surface area contributed by atoms with Crippen LogP contribution in [-0.2, 0) is 16.0 Å². The lowest BCUT2D eigenvalue weighted by atomic mass is 10.1. The van der Waals surface area contributed by atoms with E-state index in [1.54, 1.807) is 36.4 Å². The zero-order valence-corrected chi connectivity index (χ0v) is 20.4. The normalized spacial score (nSPS) is 16.8. The Labute approximate surface area is 212 Å². The molecule has 34 heavy (non-hydrogen) atoms. The van der Waals surface area contributed by atoms with E-state index < -0.39 is 11.2 Å². The number of nitrogens with zero attached hydrogens (tertiary/aromatic N) is 2. The summed E-state index contributed by atoms with van der Waals surface area (Å²) in [4.78, 5) is 28.1. The maximum atomic E-state index is 13.5. The molecule has 0 radical (unpaired) electrons. The Hall–Kier alpha value is -3.24. The van der Waals surface area contributed by atoms with Crippen molar-refractivity contribution in [2.45, 2.75) is 18.6 Å². The van der Waals surface area contributed by atoms with E-state index in [0.717, 1.165) is 11.1 Å². The zero-order valence-electron chi connectivity index (χ0n) is 18.1.